The van der Waals surface area contributed by atoms with Crippen LogP contribution in [0.15, 0.2) is 48.5 Å². The van der Waals surface area contributed by atoms with E-state index in [0.29, 0.717) is 11.5 Å². The smallest absolute Gasteiger partial charge is 0.127 e. The summed E-state index contributed by atoms with van der Waals surface area (Å²) in [6.45, 7) is 1.70. The van der Waals surface area contributed by atoms with Gasteiger partial charge in [-0.25, -0.2) is 4.39 Å². The first-order valence-electron chi connectivity index (χ1n) is 5.36. The summed E-state index contributed by atoms with van der Waals surface area (Å²) in [4.78, 5) is 0. The van der Waals surface area contributed by atoms with Crippen molar-refractivity contribution in [2.24, 2.45) is 0 Å². The molecule has 0 fully saturated rings. The van der Waals surface area contributed by atoms with Gasteiger partial charge >= 0.3 is 0 Å². The van der Waals surface area contributed by atoms with Crippen molar-refractivity contribution in [3.63, 3.8) is 0 Å². The molecule has 1 unspecified atom stereocenters. The summed E-state index contributed by atoms with van der Waals surface area (Å²) in [5.74, 6) is 0.944. The summed E-state index contributed by atoms with van der Waals surface area (Å²) in [6, 6.07) is 13.0. The van der Waals surface area contributed by atoms with Gasteiger partial charge in [-0.05, 0) is 48.9 Å². The van der Waals surface area contributed by atoms with E-state index in [4.69, 9.17) is 4.74 Å². The Labute approximate surface area is 99.3 Å². The molecule has 0 aliphatic carbocycles. The third kappa shape index (κ3) is 3.04. The second kappa shape index (κ2) is 4.97. The van der Waals surface area contributed by atoms with E-state index in [-0.39, 0.29) is 5.82 Å². The summed E-state index contributed by atoms with van der Waals surface area (Å²) >= 11 is 0. The zero-order chi connectivity index (χ0) is 12.3. The zero-order valence-electron chi connectivity index (χ0n) is 9.43. The van der Waals surface area contributed by atoms with E-state index in [1.165, 1.54) is 12.1 Å². The molecule has 17 heavy (non-hydrogen) atoms. The van der Waals surface area contributed by atoms with E-state index in [1.54, 1.807) is 43.3 Å². The van der Waals surface area contributed by atoms with Gasteiger partial charge in [0.05, 0.1) is 6.10 Å². The van der Waals surface area contributed by atoms with Crippen LogP contribution in [-0.2, 0) is 0 Å². The fourth-order valence-electron chi connectivity index (χ4n) is 1.45. The molecule has 1 atom stereocenters. The maximum atomic E-state index is 12.7. The Hall–Kier alpha value is -1.87. The molecule has 3 heteroatoms. The Morgan fingerprint density at radius 1 is 0.941 bits per heavy atom. The van der Waals surface area contributed by atoms with Crippen LogP contribution in [0.3, 0.4) is 0 Å². The van der Waals surface area contributed by atoms with Crippen LogP contribution in [0.2, 0.25) is 0 Å². The van der Waals surface area contributed by atoms with Crippen LogP contribution in [0.1, 0.15) is 18.6 Å². The summed E-state index contributed by atoms with van der Waals surface area (Å²) in [5.41, 5.74) is 0.830. The largest absolute Gasteiger partial charge is 0.457 e. The molecule has 0 heterocycles. The Morgan fingerprint density at radius 3 is 1.88 bits per heavy atom. The Bertz CT molecular complexity index is 475. The van der Waals surface area contributed by atoms with Crippen LogP contribution in [0.25, 0.3) is 0 Å². The fraction of sp³-hybridized carbons (Fsp3) is 0.143. The van der Waals surface area contributed by atoms with Crippen LogP contribution in [0.5, 0.6) is 11.5 Å². The molecule has 0 spiro atoms. The van der Waals surface area contributed by atoms with Crippen molar-refractivity contribution in [3.05, 3.63) is 59.9 Å². The van der Waals surface area contributed by atoms with E-state index in [0.717, 1.165) is 5.56 Å². The Kier molecular flexibility index (Phi) is 3.40. The topological polar surface area (TPSA) is 29.5 Å². The van der Waals surface area contributed by atoms with E-state index in [2.05, 4.69) is 0 Å². The van der Waals surface area contributed by atoms with E-state index in [9.17, 15) is 9.50 Å². The van der Waals surface area contributed by atoms with Crippen molar-refractivity contribution in [3.8, 4) is 11.5 Å². The number of benzene rings is 2. The third-order valence-corrected chi connectivity index (χ3v) is 2.41. The van der Waals surface area contributed by atoms with Crippen molar-refractivity contribution in [2.45, 2.75) is 13.0 Å². The van der Waals surface area contributed by atoms with Crippen LogP contribution in [0.4, 0.5) is 4.39 Å². The first kappa shape index (κ1) is 11.6. The highest BCUT2D eigenvalue weighted by Gasteiger charge is 2.01. The minimum absolute atomic E-state index is 0.290. The molecule has 2 aromatic carbocycles. The number of halogens is 1. The maximum absolute atomic E-state index is 12.7. The quantitative estimate of drug-likeness (QED) is 0.874. The van der Waals surface area contributed by atoms with Gasteiger partial charge in [0, 0.05) is 0 Å². The van der Waals surface area contributed by atoms with Gasteiger partial charge in [-0.3, -0.25) is 0 Å². The molecule has 1 N–H and O–H groups in total. The molecular weight excluding hydrogens is 219 g/mol. The number of hydrogen-bond acceptors (Lipinski definition) is 2. The second-order valence-corrected chi connectivity index (χ2v) is 3.80. The van der Waals surface area contributed by atoms with Gasteiger partial charge in [0.1, 0.15) is 17.3 Å². The highest BCUT2D eigenvalue weighted by atomic mass is 19.1. The highest BCUT2D eigenvalue weighted by Crippen LogP contribution is 2.23. The summed E-state index contributed by atoms with van der Waals surface area (Å²) in [5, 5.41) is 9.35. The minimum Gasteiger partial charge on any atom is -0.457 e. The second-order valence-electron chi connectivity index (χ2n) is 3.80. The lowest BCUT2D eigenvalue weighted by molar-refractivity contribution is 0.199. The highest BCUT2D eigenvalue weighted by molar-refractivity contribution is 5.33. The maximum Gasteiger partial charge on any atom is 0.127 e. The number of aliphatic hydroxyl groups excluding tert-OH is 1. The molecule has 88 valence electrons. The molecule has 0 bridgehead atoms. The SMILES string of the molecule is CC(O)c1ccc(Oc2ccc(F)cc2)cc1. The molecule has 0 radical (unpaired) electrons. The van der Waals surface area contributed by atoms with Gasteiger partial charge in [-0.1, -0.05) is 12.1 Å². The molecule has 0 aliphatic rings. The first-order chi connectivity index (χ1) is 8.15. The van der Waals surface area contributed by atoms with Gasteiger partial charge in [0.2, 0.25) is 0 Å². The fourth-order valence-corrected chi connectivity index (χ4v) is 1.45. The van der Waals surface area contributed by atoms with Gasteiger partial charge in [0.15, 0.2) is 0 Å². The monoisotopic (exact) mass is 232 g/mol. The van der Waals surface area contributed by atoms with Crippen molar-refractivity contribution < 1.29 is 14.2 Å². The summed E-state index contributed by atoms with van der Waals surface area (Å²) in [7, 11) is 0. The lowest BCUT2D eigenvalue weighted by Gasteiger charge is -2.08. The lowest BCUT2D eigenvalue weighted by Crippen LogP contribution is -1.90. The van der Waals surface area contributed by atoms with Gasteiger partial charge in [-0.2, -0.15) is 0 Å². The van der Waals surface area contributed by atoms with Gasteiger partial charge in [0.25, 0.3) is 0 Å². The summed E-state index contributed by atoms with van der Waals surface area (Å²) < 4.78 is 18.2. The number of aliphatic hydroxyl groups is 1. The van der Waals surface area contributed by atoms with Crippen LogP contribution in [0, 0.1) is 5.82 Å². The van der Waals surface area contributed by atoms with Gasteiger partial charge in [-0.15, -0.1) is 0 Å². The van der Waals surface area contributed by atoms with Crippen molar-refractivity contribution in [1.29, 1.82) is 0 Å². The molecule has 2 rings (SSSR count). The van der Waals surface area contributed by atoms with Crippen LogP contribution < -0.4 is 4.74 Å². The number of rotatable bonds is 3. The van der Waals surface area contributed by atoms with Crippen molar-refractivity contribution >= 4 is 0 Å². The van der Waals surface area contributed by atoms with Crippen LogP contribution >= 0.6 is 0 Å². The summed E-state index contributed by atoms with van der Waals surface area (Å²) in [6.07, 6.45) is -0.491. The normalized spacial score (nSPS) is 12.2. The lowest BCUT2D eigenvalue weighted by atomic mass is 10.1. The average molecular weight is 232 g/mol. The predicted octanol–water partition coefficient (Wildman–Crippen LogP) is 3.67. The number of hydrogen-bond donors (Lipinski definition) is 1. The molecule has 2 aromatic rings. The first-order valence-corrected chi connectivity index (χ1v) is 5.36. The average Bonchev–Trinajstić information content (AvgIpc) is 2.33. The van der Waals surface area contributed by atoms with E-state index < -0.39 is 6.10 Å². The molecule has 0 amide bonds. The number of ether oxygens (including phenoxy) is 1. The van der Waals surface area contributed by atoms with Crippen molar-refractivity contribution in [1.82, 2.24) is 0 Å². The zero-order valence-corrected chi connectivity index (χ0v) is 9.43. The molecular formula is C14H13FO2. The Balaban J connectivity index is 2.11. The molecule has 2 nitrogen and oxygen atoms in total. The van der Waals surface area contributed by atoms with Crippen molar-refractivity contribution in [2.75, 3.05) is 0 Å². The Morgan fingerprint density at radius 2 is 1.41 bits per heavy atom. The molecule has 0 saturated carbocycles. The molecule has 0 saturated heterocycles. The standard InChI is InChI=1S/C14H13FO2/c1-10(16)11-2-6-13(7-3-11)17-14-8-4-12(15)5-9-14/h2-10,16H,1H3. The third-order valence-electron chi connectivity index (χ3n) is 2.41. The van der Waals surface area contributed by atoms with Gasteiger partial charge < -0.3 is 9.84 Å². The van der Waals surface area contributed by atoms with Crippen LogP contribution in [-0.4, -0.2) is 5.11 Å². The minimum atomic E-state index is -0.491. The predicted molar refractivity (Wildman–Crippen MR) is 63.5 cm³/mol. The molecule has 0 aliphatic heterocycles. The molecule has 0 aromatic heterocycles. The van der Waals surface area contributed by atoms with E-state index >= 15 is 0 Å². The van der Waals surface area contributed by atoms with E-state index in [1.807, 2.05) is 0 Å².